The zero-order valence-electron chi connectivity index (χ0n) is 17.2. The Bertz CT molecular complexity index is 862. The first-order chi connectivity index (χ1) is 14.6. The number of morpholine rings is 1. The van der Waals surface area contributed by atoms with Crippen LogP contribution in [-0.2, 0) is 20.8 Å². The number of carbonyl (C=O) groups is 2. The number of ether oxygens (including phenoxy) is 4. The van der Waals surface area contributed by atoms with E-state index in [2.05, 4.69) is 10.2 Å². The molecular weight excluding hydrogens is 388 g/mol. The second-order valence-corrected chi connectivity index (χ2v) is 6.78. The summed E-state index contributed by atoms with van der Waals surface area (Å²) in [6.07, 6.45) is 0. The van der Waals surface area contributed by atoms with Crippen LogP contribution in [0.25, 0.3) is 0 Å². The Hall–Kier alpha value is -3.10. The first-order valence-corrected chi connectivity index (χ1v) is 9.67. The Morgan fingerprint density at radius 1 is 1.00 bits per heavy atom. The van der Waals surface area contributed by atoms with Gasteiger partial charge in [-0.2, -0.15) is 0 Å². The molecule has 0 unspecified atom stereocenters. The molecule has 0 saturated carbocycles. The number of amides is 1. The standard InChI is InChI=1S/C22H26N2O6/c1-27-19-8-7-18(13-20(19)28-2)23-21(25)15-30-22(26)17-5-3-16(4-6-17)14-24-9-11-29-12-10-24/h3-8,13H,9-12,14-15H2,1-2H3,(H,23,25). The van der Waals surface area contributed by atoms with Crippen LogP contribution in [0.2, 0.25) is 0 Å². The predicted octanol–water partition coefficient (Wildman–Crippen LogP) is 2.33. The molecule has 30 heavy (non-hydrogen) atoms. The number of nitrogens with one attached hydrogen (secondary N) is 1. The predicted molar refractivity (Wildman–Crippen MR) is 111 cm³/mol. The van der Waals surface area contributed by atoms with Gasteiger partial charge in [-0.3, -0.25) is 9.69 Å². The van der Waals surface area contributed by atoms with E-state index in [9.17, 15) is 9.59 Å². The first kappa shape index (κ1) is 21.6. The zero-order valence-corrected chi connectivity index (χ0v) is 17.2. The normalized spacial score (nSPS) is 14.1. The molecule has 1 aliphatic rings. The fourth-order valence-corrected chi connectivity index (χ4v) is 3.09. The molecule has 0 aliphatic carbocycles. The van der Waals surface area contributed by atoms with Gasteiger partial charge in [0.2, 0.25) is 0 Å². The van der Waals surface area contributed by atoms with Crippen LogP contribution in [0.1, 0.15) is 15.9 Å². The van der Waals surface area contributed by atoms with Gasteiger partial charge in [0.1, 0.15) is 0 Å². The Labute approximate surface area is 175 Å². The van der Waals surface area contributed by atoms with E-state index < -0.39 is 11.9 Å². The summed E-state index contributed by atoms with van der Waals surface area (Å²) in [5, 5.41) is 2.66. The minimum absolute atomic E-state index is 0.386. The zero-order chi connectivity index (χ0) is 21.3. The highest BCUT2D eigenvalue weighted by Crippen LogP contribution is 2.29. The van der Waals surface area contributed by atoms with E-state index in [1.807, 2.05) is 12.1 Å². The number of esters is 1. The summed E-state index contributed by atoms with van der Waals surface area (Å²) in [5.74, 6) is 0.0540. The molecule has 1 amide bonds. The average Bonchev–Trinajstić information content (AvgIpc) is 2.78. The summed E-state index contributed by atoms with van der Waals surface area (Å²) in [5.41, 5.74) is 2.03. The highest BCUT2D eigenvalue weighted by molar-refractivity contribution is 5.95. The molecule has 8 heteroatoms. The highest BCUT2D eigenvalue weighted by Gasteiger charge is 2.14. The molecule has 0 spiro atoms. The van der Waals surface area contributed by atoms with E-state index in [1.54, 1.807) is 30.3 Å². The van der Waals surface area contributed by atoms with E-state index in [4.69, 9.17) is 18.9 Å². The number of rotatable bonds is 8. The lowest BCUT2D eigenvalue weighted by atomic mass is 10.1. The van der Waals surface area contributed by atoms with Gasteiger partial charge < -0.3 is 24.3 Å². The van der Waals surface area contributed by atoms with Crippen molar-refractivity contribution >= 4 is 17.6 Å². The number of hydrogen-bond acceptors (Lipinski definition) is 7. The van der Waals surface area contributed by atoms with E-state index in [1.165, 1.54) is 14.2 Å². The topological polar surface area (TPSA) is 86.3 Å². The number of carbonyl (C=O) groups excluding carboxylic acids is 2. The molecule has 0 aromatic heterocycles. The summed E-state index contributed by atoms with van der Waals surface area (Å²) in [4.78, 5) is 26.6. The van der Waals surface area contributed by atoms with Crippen LogP contribution in [0.3, 0.4) is 0 Å². The Kier molecular flexibility index (Phi) is 7.64. The smallest absolute Gasteiger partial charge is 0.338 e. The number of anilines is 1. The van der Waals surface area contributed by atoms with Gasteiger partial charge in [0.25, 0.3) is 5.91 Å². The minimum Gasteiger partial charge on any atom is -0.493 e. The van der Waals surface area contributed by atoms with Crippen LogP contribution in [-0.4, -0.2) is 63.9 Å². The van der Waals surface area contributed by atoms with Crippen LogP contribution in [0, 0.1) is 0 Å². The second-order valence-electron chi connectivity index (χ2n) is 6.78. The lowest BCUT2D eigenvalue weighted by Crippen LogP contribution is -2.35. The van der Waals surface area contributed by atoms with E-state index in [0.717, 1.165) is 38.4 Å². The van der Waals surface area contributed by atoms with Gasteiger partial charge in [0.05, 0.1) is 33.0 Å². The van der Waals surface area contributed by atoms with Crippen molar-refractivity contribution in [1.82, 2.24) is 4.90 Å². The first-order valence-electron chi connectivity index (χ1n) is 9.67. The fraction of sp³-hybridized carbons (Fsp3) is 0.364. The van der Waals surface area contributed by atoms with Crippen molar-refractivity contribution in [3.63, 3.8) is 0 Å². The molecule has 1 fully saturated rings. The van der Waals surface area contributed by atoms with Gasteiger partial charge in [-0.1, -0.05) is 12.1 Å². The van der Waals surface area contributed by atoms with Crippen molar-refractivity contribution in [3.8, 4) is 11.5 Å². The molecular formula is C22H26N2O6. The number of hydrogen-bond donors (Lipinski definition) is 1. The molecule has 3 rings (SSSR count). The van der Waals surface area contributed by atoms with Gasteiger partial charge in [-0.05, 0) is 29.8 Å². The van der Waals surface area contributed by atoms with Crippen LogP contribution >= 0.6 is 0 Å². The van der Waals surface area contributed by atoms with Crippen molar-refractivity contribution in [2.45, 2.75) is 6.54 Å². The van der Waals surface area contributed by atoms with Crippen molar-refractivity contribution in [3.05, 3.63) is 53.6 Å². The number of methoxy groups -OCH3 is 2. The summed E-state index contributed by atoms with van der Waals surface area (Å²) in [6, 6.07) is 12.2. The van der Waals surface area contributed by atoms with E-state index >= 15 is 0 Å². The third-order valence-electron chi connectivity index (χ3n) is 4.70. The maximum Gasteiger partial charge on any atom is 0.338 e. The summed E-state index contributed by atoms with van der Waals surface area (Å²) >= 11 is 0. The molecule has 0 bridgehead atoms. The van der Waals surface area contributed by atoms with Gasteiger partial charge in [-0.25, -0.2) is 4.79 Å². The maximum atomic E-state index is 12.2. The van der Waals surface area contributed by atoms with Crippen LogP contribution in [0.15, 0.2) is 42.5 Å². The quantitative estimate of drug-likeness (QED) is 0.664. The molecule has 0 radical (unpaired) electrons. The van der Waals surface area contributed by atoms with Gasteiger partial charge in [0.15, 0.2) is 18.1 Å². The summed E-state index contributed by atoms with van der Waals surface area (Å²) < 4.78 is 20.8. The Balaban J connectivity index is 1.48. The molecule has 8 nitrogen and oxygen atoms in total. The number of benzene rings is 2. The molecule has 160 valence electrons. The summed E-state index contributed by atoms with van der Waals surface area (Å²) in [6.45, 7) is 3.72. The molecule has 1 N–H and O–H groups in total. The van der Waals surface area contributed by atoms with Gasteiger partial charge in [0, 0.05) is 31.4 Å². The molecule has 2 aromatic carbocycles. The average molecular weight is 414 g/mol. The molecule has 1 heterocycles. The van der Waals surface area contributed by atoms with E-state index in [0.29, 0.717) is 22.7 Å². The van der Waals surface area contributed by atoms with Crippen molar-refractivity contribution in [2.75, 3.05) is 52.4 Å². The maximum absolute atomic E-state index is 12.2. The Morgan fingerprint density at radius 2 is 1.70 bits per heavy atom. The van der Waals surface area contributed by atoms with Crippen LogP contribution < -0.4 is 14.8 Å². The minimum atomic E-state index is -0.546. The van der Waals surface area contributed by atoms with Crippen molar-refractivity contribution in [2.24, 2.45) is 0 Å². The Morgan fingerprint density at radius 3 is 2.37 bits per heavy atom. The second kappa shape index (κ2) is 10.6. The lowest BCUT2D eigenvalue weighted by Gasteiger charge is -2.26. The monoisotopic (exact) mass is 414 g/mol. The third-order valence-corrected chi connectivity index (χ3v) is 4.70. The summed E-state index contributed by atoms with van der Waals surface area (Å²) in [7, 11) is 3.04. The van der Waals surface area contributed by atoms with Crippen LogP contribution in [0.4, 0.5) is 5.69 Å². The molecule has 1 aliphatic heterocycles. The largest absolute Gasteiger partial charge is 0.493 e. The van der Waals surface area contributed by atoms with Crippen molar-refractivity contribution in [1.29, 1.82) is 0 Å². The highest BCUT2D eigenvalue weighted by atomic mass is 16.5. The number of nitrogens with zero attached hydrogens (tertiary/aromatic N) is 1. The van der Waals surface area contributed by atoms with E-state index in [-0.39, 0.29) is 6.61 Å². The SMILES string of the molecule is COc1ccc(NC(=O)COC(=O)c2ccc(CN3CCOCC3)cc2)cc1OC. The third kappa shape index (κ3) is 5.95. The lowest BCUT2D eigenvalue weighted by molar-refractivity contribution is -0.119. The van der Waals surface area contributed by atoms with Gasteiger partial charge in [-0.15, -0.1) is 0 Å². The molecule has 1 saturated heterocycles. The van der Waals surface area contributed by atoms with Crippen LogP contribution in [0.5, 0.6) is 11.5 Å². The van der Waals surface area contributed by atoms with Gasteiger partial charge >= 0.3 is 5.97 Å². The van der Waals surface area contributed by atoms with Crippen molar-refractivity contribution < 1.29 is 28.5 Å². The fourth-order valence-electron chi connectivity index (χ4n) is 3.09. The molecule has 2 aromatic rings. The molecule has 0 atom stereocenters.